The summed E-state index contributed by atoms with van der Waals surface area (Å²) in [6.45, 7) is 0. The lowest BCUT2D eigenvalue weighted by molar-refractivity contribution is 0.0601. The molecule has 0 aromatic heterocycles. The number of anilines is 1. The Labute approximate surface area is 94.7 Å². The summed E-state index contributed by atoms with van der Waals surface area (Å²) in [5.74, 6) is -0.497. The fourth-order valence-electron chi connectivity index (χ4n) is 1.14. The van der Waals surface area contributed by atoms with E-state index in [0.29, 0.717) is 11.3 Å². The molecule has 16 heavy (non-hydrogen) atoms. The van der Waals surface area contributed by atoms with Crippen molar-refractivity contribution in [2.75, 3.05) is 24.7 Å². The van der Waals surface area contributed by atoms with Crippen LogP contribution in [0.15, 0.2) is 24.3 Å². The third-order valence-corrected chi connectivity index (χ3v) is 3.33. The van der Waals surface area contributed by atoms with E-state index in [1.54, 1.807) is 18.2 Å². The van der Waals surface area contributed by atoms with Gasteiger partial charge in [-0.15, -0.1) is 0 Å². The molecule has 0 unspecified atom stereocenters. The lowest BCUT2D eigenvalue weighted by atomic mass is 10.2. The molecule has 1 aromatic carbocycles. The molecule has 0 aliphatic heterocycles. The lowest BCUT2D eigenvalue weighted by Crippen LogP contribution is -2.25. The maximum absolute atomic E-state index is 11.3. The number of carbonyl (C=O) groups excluding carboxylic acids is 1. The highest BCUT2D eigenvalue weighted by molar-refractivity contribution is 7.92. The van der Waals surface area contributed by atoms with E-state index in [2.05, 4.69) is 4.74 Å². The van der Waals surface area contributed by atoms with Gasteiger partial charge in [-0.2, -0.15) is 0 Å². The van der Waals surface area contributed by atoms with Crippen molar-refractivity contribution in [3.63, 3.8) is 0 Å². The van der Waals surface area contributed by atoms with Gasteiger partial charge in [0.2, 0.25) is 10.0 Å². The summed E-state index contributed by atoms with van der Waals surface area (Å²) in [6, 6.07) is 6.23. The Bertz CT molecular complexity index is 495. The van der Waals surface area contributed by atoms with E-state index in [1.165, 1.54) is 20.2 Å². The molecule has 0 radical (unpaired) electrons. The second-order valence-corrected chi connectivity index (χ2v) is 5.29. The molecule has 0 heterocycles. The van der Waals surface area contributed by atoms with E-state index < -0.39 is 16.0 Å². The molecule has 0 aliphatic rings. The van der Waals surface area contributed by atoms with E-state index in [4.69, 9.17) is 0 Å². The molecule has 1 rings (SSSR count). The first kappa shape index (κ1) is 12.5. The maximum Gasteiger partial charge on any atom is 0.337 e. The Kier molecular flexibility index (Phi) is 3.54. The quantitative estimate of drug-likeness (QED) is 0.739. The van der Waals surface area contributed by atoms with Crippen LogP contribution >= 0.6 is 0 Å². The molecule has 0 bridgehead atoms. The van der Waals surface area contributed by atoms with Crippen LogP contribution in [-0.4, -0.2) is 34.8 Å². The SMILES string of the molecule is COC(=O)c1cccc(N(C)S(C)(=O)=O)c1. The number of rotatable bonds is 3. The molecule has 0 amide bonds. The number of carbonyl (C=O) groups is 1. The molecule has 1 aromatic rings. The number of benzene rings is 1. The van der Waals surface area contributed by atoms with Crippen LogP contribution in [0.1, 0.15) is 10.4 Å². The van der Waals surface area contributed by atoms with Gasteiger partial charge in [-0.05, 0) is 18.2 Å². The Morgan fingerprint density at radius 3 is 2.50 bits per heavy atom. The van der Waals surface area contributed by atoms with E-state index in [1.807, 2.05) is 0 Å². The van der Waals surface area contributed by atoms with Crippen LogP contribution in [0.2, 0.25) is 0 Å². The Morgan fingerprint density at radius 1 is 1.38 bits per heavy atom. The van der Waals surface area contributed by atoms with Crippen LogP contribution in [-0.2, 0) is 14.8 Å². The largest absolute Gasteiger partial charge is 0.465 e. The first-order valence-corrected chi connectivity index (χ1v) is 6.33. The highest BCUT2D eigenvalue weighted by Crippen LogP contribution is 2.17. The summed E-state index contributed by atoms with van der Waals surface area (Å²) in [5, 5.41) is 0. The summed E-state index contributed by atoms with van der Waals surface area (Å²) >= 11 is 0. The van der Waals surface area contributed by atoms with Crippen molar-refractivity contribution in [3.8, 4) is 0 Å². The molecule has 0 saturated heterocycles. The van der Waals surface area contributed by atoms with Gasteiger partial charge in [0.1, 0.15) is 0 Å². The van der Waals surface area contributed by atoms with Crippen LogP contribution < -0.4 is 4.31 Å². The van der Waals surface area contributed by atoms with Crippen LogP contribution in [0, 0.1) is 0 Å². The van der Waals surface area contributed by atoms with Crippen molar-refractivity contribution in [3.05, 3.63) is 29.8 Å². The fraction of sp³-hybridized carbons (Fsp3) is 0.300. The molecule has 0 saturated carbocycles. The van der Waals surface area contributed by atoms with Crippen LogP contribution in [0.4, 0.5) is 5.69 Å². The third kappa shape index (κ3) is 2.73. The molecule has 0 spiro atoms. The molecule has 6 heteroatoms. The highest BCUT2D eigenvalue weighted by Gasteiger charge is 2.13. The van der Waals surface area contributed by atoms with Crippen molar-refractivity contribution >= 4 is 21.7 Å². The molecule has 88 valence electrons. The van der Waals surface area contributed by atoms with Crippen molar-refractivity contribution < 1.29 is 17.9 Å². The molecule has 0 N–H and O–H groups in total. The van der Waals surface area contributed by atoms with E-state index >= 15 is 0 Å². The van der Waals surface area contributed by atoms with E-state index in [-0.39, 0.29) is 0 Å². The summed E-state index contributed by atoms with van der Waals surface area (Å²) in [7, 11) is -0.628. The van der Waals surface area contributed by atoms with Crippen molar-refractivity contribution in [2.45, 2.75) is 0 Å². The number of esters is 1. The number of methoxy groups -OCH3 is 1. The van der Waals surface area contributed by atoms with Gasteiger partial charge in [0.15, 0.2) is 0 Å². The zero-order valence-corrected chi connectivity index (χ0v) is 10.1. The van der Waals surface area contributed by atoms with Gasteiger partial charge in [0.05, 0.1) is 24.6 Å². The fourth-order valence-corrected chi connectivity index (χ4v) is 1.63. The van der Waals surface area contributed by atoms with Gasteiger partial charge in [-0.1, -0.05) is 6.07 Å². The first-order valence-electron chi connectivity index (χ1n) is 4.48. The Morgan fingerprint density at radius 2 is 2.00 bits per heavy atom. The zero-order chi connectivity index (χ0) is 12.3. The first-order chi connectivity index (χ1) is 7.36. The van der Waals surface area contributed by atoms with Crippen molar-refractivity contribution in [1.82, 2.24) is 0 Å². The van der Waals surface area contributed by atoms with Crippen LogP contribution in [0.5, 0.6) is 0 Å². The van der Waals surface area contributed by atoms with E-state index in [9.17, 15) is 13.2 Å². The van der Waals surface area contributed by atoms with Gasteiger partial charge in [-0.3, -0.25) is 4.31 Å². The van der Waals surface area contributed by atoms with Crippen molar-refractivity contribution in [2.24, 2.45) is 0 Å². The van der Waals surface area contributed by atoms with Crippen LogP contribution in [0.3, 0.4) is 0 Å². The zero-order valence-electron chi connectivity index (χ0n) is 9.30. The predicted octanol–water partition coefficient (Wildman–Crippen LogP) is 0.869. The molecule has 0 aliphatic carbocycles. The van der Waals surface area contributed by atoms with Gasteiger partial charge >= 0.3 is 5.97 Å². The smallest absolute Gasteiger partial charge is 0.337 e. The minimum absolute atomic E-state index is 0.315. The minimum atomic E-state index is -3.32. The number of sulfonamides is 1. The molecule has 0 atom stereocenters. The Hall–Kier alpha value is -1.56. The lowest BCUT2D eigenvalue weighted by Gasteiger charge is -2.16. The highest BCUT2D eigenvalue weighted by atomic mass is 32.2. The average Bonchev–Trinajstić information content (AvgIpc) is 2.26. The molecule has 0 fully saturated rings. The number of nitrogens with zero attached hydrogens (tertiary/aromatic N) is 1. The second kappa shape index (κ2) is 4.52. The summed E-state index contributed by atoms with van der Waals surface area (Å²) in [6.07, 6.45) is 1.10. The third-order valence-electron chi connectivity index (χ3n) is 2.13. The summed E-state index contributed by atoms with van der Waals surface area (Å²) in [5.41, 5.74) is 0.737. The number of hydrogen-bond donors (Lipinski definition) is 0. The average molecular weight is 243 g/mol. The number of hydrogen-bond acceptors (Lipinski definition) is 4. The van der Waals surface area contributed by atoms with E-state index in [0.717, 1.165) is 10.6 Å². The Balaban J connectivity index is 3.13. The summed E-state index contributed by atoms with van der Waals surface area (Å²) in [4.78, 5) is 11.2. The van der Waals surface area contributed by atoms with Gasteiger partial charge in [0.25, 0.3) is 0 Å². The molecular weight excluding hydrogens is 230 g/mol. The molecular formula is C10H13NO4S. The van der Waals surface area contributed by atoms with Gasteiger partial charge in [0, 0.05) is 7.05 Å². The number of ether oxygens (including phenoxy) is 1. The topological polar surface area (TPSA) is 63.7 Å². The van der Waals surface area contributed by atoms with Gasteiger partial charge < -0.3 is 4.74 Å². The normalized spacial score (nSPS) is 10.9. The van der Waals surface area contributed by atoms with Crippen molar-refractivity contribution in [1.29, 1.82) is 0 Å². The molecule has 5 nitrogen and oxygen atoms in total. The maximum atomic E-state index is 11.3. The summed E-state index contributed by atoms with van der Waals surface area (Å²) < 4.78 is 28.2. The standard InChI is InChI=1S/C10H13NO4S/c1-11(16(3,13)14)9-6-4-5-8(7-9)10(12)15-2/h4-7H,1-3H3. The van der Waals surface area contributed by atoms with Crippen LogP contribution in [0.25, 0.3) is 0 Å². The predicted molar refractivity (Wildman–Crippen MR) is 61.0 cm³/mol. The van der Waals surface area contributed by atoms with Gasteiger partial charge in [-0.25, -0.2) is 13.2 Å². The minimum Gasteiger partial charge on any atom is -0.465 e. The second-order valence-electron chi connectivity index (χ2n) is 3.27. The monoisotopic (exact) mass is 243 g/mol.